The molecule has 0 aliphatic rings. The molecule has 0 unspecified atom stereocenters. The number of nitrogens with one attached hydrogen (secondary N) is 1. The lowest BCUT2D eigenvalue weighted by atomic mass is 10.7. The molecule has 1 aromatic heterocycles. The number of hydrogen-bond donors (Lipinski definition) is 1. The standard InChI is InChI=1S/C2HN5/c3-1-2-4-6-7-5-2/h(H,4,5,6,7). The van der Waals surface area contributed by atoms with Crippen LogP contribution in [0.25, 0.3) is 0 Å². The molecule has 0 amide bonds. The van der Waals surface area contributed by atoms with Crippen molar-refractivity contribution in [2.45, 2.75) is 0 Å². The normalized spacial score (nSPS) is 7.86. The monoisotopic (exact) mass is 95.0 g/mol. The van der Waals surface area contributed by atoms with Gasteiger partial charge in [-0.3, -0.25) is 0 Å². The van der Waals surface area contributed by atoms with Gasteiger partial charge in [0, 0.05) is 0 Å². The van der Waals surface area contributed by atoms with E-state index in [0.717, 1.165) is 0 Å². The Labute approximate surface area is 39.0 Å². The molecule has 5 heteroatoms. The van der Waals surface area contributed by atoms with E-state index in [-0.39, 0.29) is 5.82 Å². The summed E-state index contributed by atoms with van der Waals surface area (Å²) in [7, 11) is 0. The Morgan fingerprint density at radius 1 is 1.71 bits per heavy atom. The SMILES string of the molecule is N#Cc1nn[nH]n1. The highest BCUT2D eigenvalue weighted by molar-refractivity contribution is 5.02. The van der Waals surface area contributed by atoms with Crippen LogP contribution in [0.15, 0.2) is 0 Å². The van der Waals surface area contributed by atoms with Crippen molar-refractivity contribution < 1.29 is 0 Å². The summed E-state index contributed by atoms with van der Waals surface area (Å²) in [6.07, 6.45) is 0. The molecule has 0 spiro atoms. The van der Waals surface area contributed by atoms with E-state index in [9.17, 15) is 0 Å². The van der Waals surface area contributed by atoms with Gasteiger partial charge in [0.15, 0.2) is 0 Å². The molecule has 0 atom stereocenters. The van der Waals surface area contributed by atoms with Gasteiger partial charge in [-0.2, -0.15) is 10.5 Å². The molecule has 0 bridgehead atoms. The minimum Gasteiger partial charge on any atom is -0.189 e. The molecule has 0 aliphatic carbocycles. The summed E-state index contributed by atoms with van der Waals surface area (Å²) < 4.78 is 0. The van der Waals surface area contributed by atoms with E-state index in [2.05, 4.69) is 20.6 Å². The summed E-state index contributed by atoms with van der Waals surface area (Å²) in [5.41, 5.74) is 0. The summed E-state index contributed by atoms with van der Waals surface area (Å²) in [5.74, 6) is 0.0694. The lowest BCUT2D eigenvalue weighted by Crippen LogP contribution is -1.72. The Balaban J connectivity index is 3.04. The van der Waals surface area contributed by atoms with Crippen LogP contribution in [0, 0.1) is 11.3 Å². The van der Waals surface area contributed by atoms with E-state index >= 15 is 0 Å². The van der Waals surface area contributed by atoms with Crippen LogP contribution in [-0.2, 0) is 0 Å². The van der Waals surface area contributed by atoms with Gasteiger partial charge in [-0.05, 0) is 5.21 Å². The highest BCUT2D eigenvalue weighted by Crippen LogP contribution is 1.71. The number of aromatic nitrogens is 4. The fraction of sp³-hybridized carbons (Fsp3) is 0. The Morgan fingerprint density at radius 3 is 2.86 bits per heavy atom. The number of hydrogen-bond acceptors (Lipinski definition) is 4. The smallest absolute Gasteiger partial charge is 0.189 e. The average molecular weight is 95.1 g/mol. The Hall–Kier alpha value is -1.44. The van der Waals surface area contributed by atoms with E-state index < -0.39 is 0 Å². The fourth-order valence-corrected chi connectivity index (χ4v) is 0.209. The Bertz CT molecular complexity index is 168. The molecule has 0 saturated carbocycles. The first-order valence-corrected chi connectivity index (χ1v) is 1.57. The third-order valence-electron chi connectivity index (χ3n) is 0.445. The van der Waals surface area contributed by atoms with E-state index in [1.807, 2.05) is 0 Å². The van der Waals surface area contributed by atoms with Crippen LogP contribution in [-0.4, -0.2) is 20.6 Å². The molecule has 34 valence electrons. The number of aromatic amines is 1. The number of nitriles is 1. The minimum atomic E-state index is 0.0694. The van der Waals surface area contributed by atoms with Crippen molar-refractivity contribution in [1.82, 2.24) is 20.6 Å². The predicted octanol–water partition coefficient (Wildman–Crippen LogP) is -0.929. The summed E-state index contributed by atoms with van der Waals surface area (Å²) in [5, 5.41) is 19.9. The third-order valence-corrected chi connectivity index (χ3v) is 0.445. The molecule has 1 N–H and O–H groups in total. The van der Waals surface area contributed by atoms with Crippen LogP contribution >= 0.6 is 0 Å². The zero-order chi connectivity index (χ0) is 5.11. The molecule has 7 heavy (non-hydrogen) atoms. The second kappa shape index (κ2) is 1.34. The second-order valence-electron chi connectivity index (χ2n) is 0.847. The van der Waals surface area contributed by atoms with Gasteiger partial charge in [-0.1, -0.05) is 5.10 Å². The highest BCUT2D eigenvalue weighted by atomic mass is 15.5. The molecule has 0 radical (unpaired) electrons. The Morgan fingerprint density at radius 2 is 2.57 bits per heavy atom. The highest BCUT2D eigenvalue weighted by Gasteiger charge is 1.87. The minimum absolute atomic E-state index is 0.0694. The quantitative estimate of drug-likeness (QED) is 0.451. The van der Waals surface area contributed by atoms with Crippen LogP contribution in [0.5, 0.6) is 0 Å². The zero-order valence-electron chi connectivity index (χ0n) is 3.29. The topological polar surface area (TPSA) is 78.2 Å². The van der Waals surface area contributed by atoms with Crippen molar-refractivity contribution in [2.75, 3.05) is 0 Å². The molecule has 1 aromatic rings. The number of rotatable bonds is 0. The number of nitrogens with zero attached hydrogens (tertiary/aromatic N) is 4. The maximum atomic E-state index is 7.99. The van der Waals surface area contributed by atoms with Crippen molar-refractivity contribution in [2.24, 2.45) is 0 Å². The fourth-order valence-electron chi connectivity index (χ4n) is 0.209. The molecule has 5 nitrogen and oxygen atoms in total. The van der Waals surface area contributed by atoms with E-state index in [4.69, 9.17) is 5.26 Å². The first kappa shape index (κ1) is 3.74. The molecule has 1 heterocycles. The largest absolute Gasteiger partial charge is 0.273 e. The van der Waals surface area contributed by atoms with Crippen LogP contribution in [0.4, 0.5) is 0 Å². The van der Waals surface area contributed by atoms with Gasteiger partial charge in [-0.15, -0.1) is 5.10 Å². The maximum absolute atomic E-state index is 7.99. The van der Waals surface area contributed by atoms with Gasteiger partial charge in [0.1, 0.15) is 6.07 Å². The van der Waals surface area contributed by atoms with Crippen molar-refractivity contribution >= 4 is 0 Å². The second-order valence-corrected chi connectivity index (χ2v) is 0.847. The van der Waals surface area contributed by atoms with E-state index in [1.54, 1.807) is 6.07 Å². The zero-order valence-corrected chi connectivity index (χ0v) is 3.29. The van der Waals surface area contributed by atoms with Crippen molar-refractivity contribution in [3.05, 3.63) is 5.82 Å². The molecule has 0 aromatic carbocycles. The van der Waals surface area contributed by atoms with Gasteiger partial charge in [-0.25, -0.2) is 0 Å². The van der Waals surface area contributed by atoms with Crippen LogP contribution in [0.1, 0.15) is 5.82 Å². The molecular formula is C2HN5. The summed E-state index contributed by atoms with van der Waals surface area (Å²) in [6.45, 7) is 0. The van der Waals surface area contributed by atoms with E-state index in [0.29, 0.717) is 0 Å². The average Bonchev–Trinajstić information content (AvgIpc) is 2.14. The van der Waals surface area contributed by atoms with Gasteiger partial charge in [0.25, 0.3) is 5.82 Å². The molecule has 0 fully saturated rings. The number of H-pyrrole nitrogens is 1. The Kier molecular flexibility index (Phi) is 0.717. The maximum Gasteiger partial charge on any atom is 0.273 e. The molecule has 1 rings (SSSR count). The first-order valence-electron chi connectivity index (χ1n) is 1.57. The van der Waals surface area contributed by atoms with Gasteiger partial charge in [0.2, 0.25) is 0 Å². The molecular weight excluding hydrogens is 94.1 g/mol. The van der Waals surface area contributed by atoms with E-state index in [1.165, 1.54) is 0 Å². The predicted molar refractivity (Wildman–Crippen MR) is 18.9 cm³/mol. The summed E-state index contributed by atoms with van der Waals surface area (Å²) >= 11 is 0. The van der Waals surface area contributed by atoms with Crippen LogP contribution in [0.2, 0.25) is 0 Å². The van der Waals surface area contributed by atoms with Crippen LogP contribution < -0.4 is 0 Å². The van der Waals surface area contributed by atoms with Crippen molar-refractivity contribution in [1.29, 1.82) is 5.26 Å². The lowest BCUT2D eigenvalue weighted by molar-refractivity contribution is 0.881. The first-order chi connectivity index (χ1) is 3.43. The third kappa shape index (κ3) is 0.523. The van der Waals surface area contributed by atoms with Gasteiger partial charge >= 0.3 is 0 Å². The van der Waals surface area contributed by atoms with Gasteiger partial charge in [0.05, 0.1) is 0 Å². The molecule has 0 saturated heterocycles. The summed E-state index contributed by atoms with van der Waals surface area (Å²) in [4.78, 5) is 0. The van der Waals surface area contributed by atoms with Gasteiger partial charge < -0.3 is 0 Å². The van der Waals surface area contributed by atoms with Crippen molar-refractivity contribution in [3.63, 3.8) is 0 Å². The number of tetrazole rings is 1. The van der Waals surface area contributed by atoms with Crippen molar-refractivity contribution in [3.8, 4) is 6.07 Å². The molecule has 0 aliphatic heterocycles. The lowest BCUT2D eigenvalue weighted by Gasteiger charge is -1.56. The van der Waals surface area contributed by atoms with Crippen LogP contribution in [0.3, 0.4) is 0 Å². The summed E-state index contributed by atoms with van der Waals surface area (Å²) in [6, 6.07) is 1.69.